The highest BCUT2D eigenvalue weighted by Crippen LogP contribution is 2.30. The van der Waals surface area contributed by atoms with Gasteiger partial charge in [-0.05, 0) is 60.9 Å². The molecule has 2 aliphatic heterocycles. The van der Waals surface area contributed by atoms with Gasteiger partial charge in [0.05, 0.1) is 12.6 Å². The first-order valence-electron chi connectivity index (χ1n) is 10.6. The maximum absolute atomic E-state index is 12.9. The second-order valence-corrected chi connectivity index (χ2v) is 8.17. The van der Waals surface area contributed by atoms with E-state index in [9.17, 15) is 14.4 Å². The van der Waals surface area contributed by atoms with Crippen LogP contribution in [0.5, 0.6) is 5.88 Å². The van der Waals surface area contributed by atoms with Gasteiger partial charge in [-0.25, -0.2) is 4.98 Å². The molecule has 8 heteroatoms. The number of nitrogens with zero attached hydrogens (tertiary/aromatic N) is 2. The van der Waals surface area contributed by atoms with Crippen LogP contribution >= 0.6 is 0 Å². The SMILES string of the molecule is C=C1CCC(N2Cc3cc(NC(=O)c4ccc5nc(OC)ccc5c4)ccc3C2=O)C(=O)N1. The van der Waals surface area contributed by atoms with E-state index >= 15 is 0 Å². The van der Waals surface area contributed by atoms with Crippen molar-refractivity contribution in [1.29, 1.82) is 0 Å². The predicted molar refractivity (Wildman–Crippen MR) is 123 cm³/mol. The maximum Gasteiger partial charge on any atom is 0.255 e. The molecule has 3 amide bonds. The van der Waals surface area contributed by atoms with Gasteiger partial charge in [0, 0.05) is 40.5 Å². The first-order chi connectivity index (χ1) is 15.9. The number of piperidine rings is 1. The van der Waals surface area contributed by atoms with Crippen molar-refractivity contribution >= 4 is 34.3 Å². The number of rotatable bonds is 4. The highest BCUT2D eigenvalue weighted by Gasteiger charge is 2.38. The molecule has 1 unspecified atom stereocenters. The number of hydrogen-bond donors (Lipinski definition) is 2. The van der Waals surface area contributed by atoms with Crippen molar-refractivity contribution in [3.63, 3.8) is 0 Å². The molecule has 0 spiro atoms. The number of allylic oxidation sites excluding steroid dienone is 1. The lowest BCUT2D eigenvalue weighted by atomic mass is 10.0. The molecule has 3 aromatic rings. The topological polar surface area (TPSA) is 101 Å². The van der Waals surface area contributed by atoms with Crippen molar-refractivity contribution in [1.82, 2.24) is 15.2 Å². The Balaban J connectivity index is 1.33. The summed E-state index contributed by atoms with van der Waals surface area (Å²) in [6.45, 7) is 4.11. The summed E-state index contributed by atoms with van der Waals surface area (Å²) < 4.78 is 5.14. The first kappa shape index (κ1) is 20.7. The predicted octanol–water partition coefficient (Wildman–Crippen LogP) is 3.24. The molecule has 8 nitrogen and oxygen atoms in total. The number of hydrogen-bond acceptors (Lipinski definition) is 5. The minimum absolute atomic E-state index is 0.173. The summed E-state index contributed by atoms with van der Waals surface area (Å²) in [4.78, 5) is 44.0. The summed E-state index contributed by atoms with van der Waals surface area (Å²) >= 11 is 0. The van der Waals surface area contributed by atoms with Crippen LogP contribution in [0.15, 0.2) is 60.8 Å². The van der Waals surface area contributed by atoms with Crippen molar-refractivity contribution in [2.45, 2.75) is 25.4 Å². The third kappa shape index (κ3) is 3.80. The molecule has 0 radical (unpaired) electrons. The minimum Gasteiger partial charge on any atom is -0.481 e. The van der Waals surface area contributed by atoms with Crippen molar-refractivity contribution in [3.8, 4) is 5.88 Å². The lowest BCUT2D eigenvalue weighted by Crippen LogP contribution is -2.49. The average Bonchev–Trinajstić information content (AvgIpc) is 3.13. The summed E-state index contributed by atoms with van der Waals surface area (Å²) in [5.74, 6) is -0.131. The summed E-state index contributed by atoms with van der Waals surface area (Å²) in [5.41, 5.74) is 3.82. The van der Waals surface area contributed by atoms with Gasteiger partial charge in [0.1, 0.15) is 6.04 Å². The fourth-order valence-corrected chi connectivity index (χ4v) is 4.30. The largest absolute Gasteiger partial charge is 0.481 e. The molecule has 1 fully saturated rings. The monoisotopic (exact) mass is 442 g/mol. The minimum atomic E-state index is -0.515. The number of benzene rings is 2. The average molecular weight is 442 g/mol. The van der Waals surface area contributed by atoms with E-state index in [-0.39, 0.29) is 17.7 Å². The van der Waals surface area contributed by atoms with Crippen molar-refractivity contribution in [2.24, 2.45) is 0 Å². The molecule has 5 rings (SSSR count). The van der Waals surface area contributed by atoms with Gasteiger partial charge < -0.3 is 20.3 Å². The van der Waals surface area contributed by atoms with Gasteiger partial charge in [-0.1, -0.05) is 6.58 Å². The number of methoxy groups -OCH3 is 1. The van der Waals surface area contributed by atoms with E-state index in [2.05, 4.69) is 22.2 Å². The number of aromatic nitrogens is 1. The number of ether oxygens (including phenoxy) is 1. The molecule has 0 saturated carbocycles. The maximum atomic E-state index is 12.9. The Bertz CT molecular complexity index is 1330. The Morgan fingerprint density at radius 2 is 2.03 bits per heavy atom. The molecule has 166 valence electrons. The van der Waals surface area contributed by atoms with E-state index in [0.717, 1.165) is 16.5 Å². The van der Waals surface area contributed by atoms with Crippen LogP contribution in [0.2, 0.25) is 0 Å². The van der Waals surface area contributed by atoms with E-state index in [1.54, 1.807) is 54.5 Å². The van der Waals surface area contributed by atoms with Crippen LogP contribution in [0.1, 0.15) is 39.1 Å². The van der Waals surface area contributed by atoms with Crippen LogP contribution in [0.4, 0.5) is 5.69 Å². The van der Waals surface area contributed by atoms with Gasteiger partial charge in [-0.3, -0.25) is 14.4 Å². The van der Waals surface area contributed by atoms with Gasteiger partial charge >= 0.3 is 0 Å². The molecule has 2 N–H and O–H groups in total. The van der Waals surface area contributed by atoms with E-state index in [0.29, 0.717) is 47.8 Å². The Labute approximate surface area is 190 Å². The molecular formula is C25H22N4O4. The molecular weight excluding hydrogens is 420 g/mol. The van der Waals surface area contributed by atoms with Crippen LogP contribution < -0.4 is 15.4 Å². The third-order valence-electron chi connectivity index (χ3n) is 6.03. The number of carbonyl (C=O) groups is 3. The molecule has 2 aromatic carbocycles. The van der Waals surface area contributed by atoms with Gasteiger partial charge in [-0.15, -0.1) is 0 Å². The van der Waals surface area contributed by atoms with E-state index in [1.165, 1.54) is 0 Å². The Morgan fingerprint density at radius 3 is 2.82 bits per heavy atom. The summed E-state index contributed by atoms with van der Waals surface area (Å²) in [6, 6.07) is 13.5. The number of amides is 3. The zero-order valence-corrected chi connectivity index (χ0v) is 18.1. The van der Waals surface area contributed by atoms with E-state index < -0.39 is 6.04 Å². The van der Waals surface area contributed by atoms with E-state index in [1.807, 2.05) is 6.07 Å². The molecule has 0 aliphatic carbocycles. The van der Waals surface area contributed by atoms with Crippen LogP contribution in [0.3, 0.4) is 0 Å². The fraction of sp³-hybridized carbons (Fsp3) is 0.200. The van der Waals surface area contributed by atoms with Gasteiger partial charge in [-0.2, -0.15) is 0 Å². The molecule has 1 aromatic heterocycles. The van der Waals surface area contributed by atoms with Crippen LogP contribution in [0, 0.1) is 0 Å². The quantitative estimate of drug-likeness (QED) is 0.646. The number of pyridine rings is 1. The zero-order chi connectivity index (χ0) is 23.1. The van der Waals surface area contributed by atoms with Crippen molar-refractivity contribution in [2.75, 3.05) is 12.4 Å². The number of anilines is 1. The molecule has 1 saturated heterocycles. The molecule has 1 atom stereocenters. The summed E-state index contributed by atoms with van der Waals surface area (Å²) in [7, 11) is 1.56. The summed E-state index contributed by atoms with van der Waals surface area (Å²) in [6.07, 6.45) is 1.20. The lowest BCUT2D eigenvalue weighted by molar-refractivity contribution is -0.126. The summed E-state index contributed by atoms with van der Waals surface area (Å²) in [5, 5.41) is 6.45. The second kappa shape index (κ2) is 8.05. The van der Waals surface area contributed by atoms with Crippen LogP contribution in [0.25, 0.3) is 10.9 Å². The van der Waals surface area contributed by atoms with Crippen molar-refractivity contribution in [3.05, 3.63) is 77.5 Å². The van der Waals surface area contributed by atoms with Gasteiger partial charge in [0.25, 0.3) is 11.8 Å². The normalized spacial score (nSPS) is 17.7. The number of fused-ring (bicyclic) bond motifs is 2. The molecule has 2 aliphatic rings. The van der Waals surface area contributed by atoms with Gasteiger partial charge in [0.15, 0.2) is 0 Å². The molecule has 33 heavy (non-hydrogen) atoms. The number of nitrogens with one attached hydrogen (secondary N) is 2. The van der Waals surface area contributed by atoms with Crippen LogP contribution in [-0.2, 0) is 11.3 Å². The second-order valence-electron chi connectivity index (χ2n) is 8.17. The third-order valence-corrected chi connectivity index (χ3v) is 6.03. The fourth-order valence-electron chi connectivity index (χ4n) is 4.30. The Hall–Kier alpha value is -4.20. The zero-order valence-electron chi connectivity index (χ0n) is 18.1. The lowest BCUT2D eigenvalue weighted by Gasteiger charge is -2.30. The smallest absolute Gasteiger partial charge is 0.255 e. The Morgan fingerprint density at radius 1 is 1.18 bits per heavy atom. The Kier molecular flexibility index (Phi) is 5.05. The first-order valence-corrected chi connectivity index (χ1v) is 10.6. The van der Waals surface area contributed by atoms with Crippen molar-refractivity contribution < 1.29 is 19.1 Å². The number of carbonyl (C=O) groups excluding carboxylic acids is 3. The van der Waals surface area contributed by atoms with E-state index in [4.69, 9.17) is 4.74 Å². The highest BCUT2D eigenvalue weighted by molar-refractivity contribution is 6.07. The molecule has 0 bridgehead atoms. The highest BCUT2D eigenvalue weighted by atomic mass is 16.5. The molecule has 3 heterocycles. The van der Waals surface area contributed by atoms with Gasteiger partial charge in [0.2, 0.25) is 11.8 Å². The standard InChI is InChI=1S/C25H22N4O4/c1-14-3-9-21(24(31)26-14)29-13-17-12-18(6-7-19(17)25(29)32)27-23(30)16-4-8-20-15(11-16)5-10-22(28-20)33-2/h4-8,10-12,21H,1,3,9,13H2,2H3,(H,26,31)(H,27,30). The van der Waals surface area contributed by atoms with Crippen LogP contribution in [-0.4, -0.2) is 40.8 Å².